The van der Waals surface area contributed by atoms with Crippen LogP contribution in [0.5, 0.6) is 0 Å². The molecule has 0 saturated heterocycles. The molecule has 0 amide bonds. The van der Waals surface area contributed by atoms with Crippen LogP contribution in [0.2, 0.25) is 0 Å². The summed E-state index contributed by atoms with van der Waals surface area (Å²) < 4.78 is 0. The summed E-state index contributed by atoms with van der Waals surface area (Å²) in [4.78, 5) is 10.5. The van der Waals surface area contributed by atoms with Crippen molar-refractivity contribution in [2.45, 2.75) is 0 Å². The van der Waals surface area contributed by atoms with Crippen molar-refractivity contribution in [2.75, 3.05) is 0 Å². The maximum Gasteiger partial charge on any atom is 0.269 e. The van der Waals surface area contributed by atoms with E-state index in [1.54, 1.807) is 12.1 Å². The molecule has 0 saturated carbocycles. The Balaban J connectivity index is 1.72. The van der Waals surface area contributed by atoms with E-state index in [1.807, 2.05) is 54.6 Å². The minimum atomic E-state index is -0.409. The first-order valence-electron chi connectivity index (χ1n) is 10.5. The molecule has 33 heavy (non-hydrogen) atoms. The van der Waals surface area contributed by atoms with Crippen molar-refractivity contribution >= 4 is 27.2 Å². The second kappa shape index (κ2) is 8.71. The molecule has 0 aliphatic carbocycles. The van der Waals surface area contributed by atoms with Crippen LogP contribution in [0.25, 0.3) is 21.5 Å². The highest BCUT2D eigenvalue weighted by Gasteiger charge is 2.11. The number of nitro benzene ring substituents is 1. The quantitative estimate of drug-likeness (QED) is 0.130. The van der Waals surface area contributed by atoms with Crippen molar-refractivity contribution < 1.29 is 4.92 Å². The van der Waals surface area contributed by atoms with Crippen molar-refractivity contribution in [1.82, 2.24) is 0 Å². The fourth-order valence-corrected chi connectivity index (χ4v) is 3.86. The van der Waals surface area contributed by atoms with E-state index in [0.29, 0.717) is 0 Å². The van der Waals surface area contributed by atoms with E-state index in [1.165, 1.54) is 12.1 Å². The van der Waals surface area contributed by atoms with Crippen LogP contribution in [0.4, 0.5) is 5.69 Å². The van der Waals surface area contributed by atoms with Crippen molar-refractivity contribution in [3.05, 3.63) is 135 Å². The van der Waals surface area contributed by atoms with Gasteiger partial charge in [-0.2, -0.15) is 0 Å². The first-order valence-corrected chi connectivity index (χ1v) is 10.5. The molecule has 0 radical (unpaired) electrons. The van der Waals surface area contributed by atoms with Gasteiger partial charge in [0.05, 0.1) is 4.92 Å². The first-order chi connectivity index (χ1) is 16.2. The molecule has 0 heterocycles. The molecule has 3 heteroatoms. The highest BCUT2D eigenvalue weighted by atomic mass is 16.6. The fraction of sp³-hybridized carbons (Fsp3) is 0. The molecule has 0 atom stereocenters. The molecule has 0 N–H and O–H groups in total. The van der Waals surface area contributed by atoms with E-state index < -0.39 is 4.92 Å². The van der Waals surface area contributed by atoms with E-state index in [0.717, 1.165) is 43.8 Å². The predicted molar refractivity (Wildman–Crippen MR) is 133 cm³/mol. The number of rotatable bonds is 1. The van der Waals surface area contributed by atoms with Crippen LogP contribution in [-0.4, -0.2) is 4.92 Å². The number of hydrogen-bond donors (Lipinski definition) is 0. The molecule has 0 spiro atoms. The van der Waals surface area contributed by atoms with Crippen LogP contribution in [-0.2, 0) is 0 Å². The summed E-state index contributed by atoms with van der Waals surface area (Å²) >= 11 is 0. The van der Waals surface area contributed by atoms with E-state index in [4.69, 9.17) is 0 Å². The summed E-state index contributed by atoms with van der Waals surface area (Å²) in [7, 11) is 0. The van der Waals surface area contributed by atoms with E-state index in [9.17, 15) is 10.1 Å². The number of fused-ring (bicyclic) bond motifs is 2. The van der Waals surface area contributed by atoms with Gasteiger partial charge in [0, 0.05) is 34.4 Å². The lowest BCUT2D eigenvalue weighted by molar-refractivity contribution is -0.384. The monoisotopic (exact) mass is 423 g/mol. The predicted octanol–water partition coefficient (Wildman–Crippen LogP) is 6.70. The topological polar surface area (TPSA) is 43.1 Å². The van der Waals surface area contributed by atoms with Gasteiger partial charge in [0.15, 0.2) is 0 Å². The molecule has 5 aromatic carbocycles. The Morgan fingerprint density at radius 1 is 0.485 bits per heavy atom. The number of benzene rings is 5. The van der Waals surface area contributed by atoms with Gasteiger partial charge in [-0.15, -0.1) is 0 Å². The molecule has 0 aliphatic rings. The fourth-order valence-electron chi connectivity index (χ4n) is 3.86. The Labute approximate surface area is 191 Å². The van der Waals surface area contributed by atoms with Crippen LogP contribution in [0.3, 0.4) is 0 Å². The summed E-state index contributed by atoms with van der Waals surface area (Å²) in [5.74, 6) is 13.2. The maximum atomic E-state index is 10.9. The van der Waals surface area contributed by atoms with Gasteiger partial charge in [-0.05, 0) is 45.8 Å². The Hall–Kier alpha value is -4.86. The van der Waals surface area contributed by atoms with Gasteiger partial charge < -0.3 is 0 Å². The van der Waals surface area contributed by atoms with Gasteiger partial charge >= 0.3 is 0 Å². The van der Waals surface area contributed by atoms with Crippen molar-refractivity contribution in [3.63, 3.8) is 0 Å². The van der Waals surface area contributed by atoms with E-state index in [-0.39, 0.29) is 5.69 Å². The average molecular weight is 423 g/mol. The molecule has 3 nitrogen and oxygen atoms in total. The second-order valence-electron chi connectivity index (χ2n) is 7.51. The summed E-state index contributed by atoms with van der Waals surface area (Å²) in [6.45, 7) is 0. The molecular weight excluding hydrogens is 406 g/mol. The average Bonchev–Trinajstić information content (AvgIpc) is 2.87. The number of nitro groups is 1. The molecule has 154 valence electrons. The Kier molecular flexibility index (Phi) is 5.30. The molecule has 0 unspecified atom stereocenters. The minimum absolute atomic E-state index is 0.0535. The second-order valence-corrected chi connectivity index (χ2v) is 7.51. The maximum absolute atomic E-state index is 10.9. The lowest BCUT2D eigenvalue weighted by atomic mass is 9.92. The van der Waals surface area contributed by atoms with E-state index >= 15 is 0 Å². The number of non-ortho nitro benzene ring substituents is 1. The Bertz CT molecular complexity index is 1570. The molecular formula is C30H17NO2. The molecule has 5 rings (SSSR count). The van der Waals surface area contributed by atoms with Crippen molar-refractivity contribution in [1.29, 1.82) is 0 Å². The van der Waals surface area contributed by atoms with Crippen LogP contribution in [0.15, 0.2) is 103 Å². The molecule has 0 aromatic heterocycles. The Morgan fingerprint density at radius 2 is 0.879 bits per heavy atom. The van der Waals surface area contributed by atoms with Crippen LogP contribution in [0, 0.1) is 33.8 Å². The summed E-state index contributed by atoms with van der Waals surface area (Å²) in [6.07, 6.45) is 0. The zero-order chi connectivity index (χ0) is 22.6. The Morgan fingerprint density at radius 3 is 1.30 bits per heavy atom. The van der Waals surface area contributed by atoms with Crippen LogP contribution < -0.4 is 0 Å². The van der Waals surface area contributed by atoms with Crippen molar-refractivity contribution in [3.8, 4) is 23.7 Å². The standard InChI is InChI=1S/C30H17NO2/c32-31(33)24-18-14-23(15-19-24)17-21-30-27-12-6-4-10-25(27)29(26-11-5-7-13-28(26)30)20-16-22-8-2-1-3-9-22/h1-15,18-19H. The van der Waals surface area contributed by atoms with Gasteiger partial charge in [-0.1, -0.05) is 90.4 Å². The van der Waals surface area contributed by atoms with Gasteiger partial charge in [0.1, 0.15) is 0 Å². The smallest absolute Gasteiger partial charge is 0.258 e. The molecule has 0 bridgehead atoms. The largest absolute Gasteiger partial charge is 0.269 e. The molecule has 0 fully saturated rings. The lowest BCUT2D eigenvalue weighted by Gasteiger charge is -2.10. The summed E-state index contributed by atoms with van der Waals surface area (Å²) in [5.41, 5.74) is 3.64. The SMILES string of the molecule is O=[N+]([O-])c1ccc(C#Cc2c3ccccc3c(C#Cc3ccccc3)c3ccccc23)cc1. The van der Waals surface area contributed by atoms with Gasteiger partial charge in [-0.3, -0.25) is 10.1 Å². The third kappa shape index (κ3) is 4.04. The van der Waals surface area contributed by atoms with Crippen LogP contribution in [0.1, 0.15) is 22.3 Å². The van der Waals surface area contributed by atoms with Crippen molar-refractivity contribution in [2.24, 2.45) is 0 Å². The third-order valence-corrected chi connectivity index (χ3v) is 5.45. The summed E-state index contributed by atoms with van der Waals surface area (Å²) in [5, 5.41) is 15.1. The lowest BCUT2D eigenvalue weighted by Crippen LogP contribution is -1.90. The third-order valence-electron chi connectivity index (χ3n) is 5.45. The van der Waals surface area contributed by atoms with Gasteiger partial charge in [0.2, 0.25) is 0 Å². The molecule has 5 aromatic rings. The highest BCUT2D eigenvalue weighted by Crippen LogP contribution is 2.32. The summed E-state index contributed by atoms with van der Waals surface area (Å²) in [6, 6.07) is 32.6. The minimum Gasteiger partial charge on any atom is -0.258 e. The zero-order valence-corrected chi connectivity index (χ0v) is 17.6. The van der Waals surface area contributed by atoms with Gasteiger partial charge in [0.25, 0.3) is 5.69 Å². The zero-order valence-electron chi connectivity index (χ0n) is 17.6. The van der Waals surface area contributed by atoms with Crippen LogP contribution >= 0.6 is 0 Å². The van der Waals surface area contributed by atoms with Gasteiger partial charge in [-0.25, -0.2) is 0 Å². The number of hydrogen-bond acceptors (Lipinski definition) is 2. The highest BCUT2D eigenvalue weighted by molar-refractivity contribution is 6.09. The van der Waals surface area contributed by atoms with E-state index in [2.05, 4.69) is 47.9 Å². The molecule has 0 aliphatic heterocycles. The first kappa shape index (κ1) is 20.1. The number of nitrogens with zero attached hydrogens (tertiary/aromatic N) is 1. The normalized spacial score (nSPS) is 10.2.